The van der Waals surface area contributed by atoms with Gasteiger partial charge in [-0.3, -0.25) is 4.79 Å². The summed E-state index contributed by atoms with van der Waals surface area (Å²) in [5.74, 6) is -0.731. The fourth-order valence-electron chi connectivity index (χ4n) is 1.97. The SMILES string of the molecule is Nc1ccc(Br)cc1C(=O)OCC(=O)N1CCCC1. The van der Waals surface area contributed by atoms with E-state index in [2.05, 4.69) is 15.9 Å². The summed E-state index contributed by atoms with van der Waals surface area (Å²) in [6.45, 7) is 1.26. The molecule has 1 amide bonds. The summed E-state index contributed by atoms with van der Waals surface area (Å²) in [4.78, 5) is 25.3. The van der Waals surface area contributed by atoms with Gasteiger partial charge in [0.1, 0.15) is 0 Å². The molecule has 2 rings (SSSR count). The van der Waals surface area contributed by atoms with Crippen LogP contribution in [0.3, 0.4) is 0 Å². The van der Waals surface area contributed by atoms with Gasteiger partial charge >= 0.3 is 5.97 Å². The van der Waals surface area contributed by atoms with E-state index < -0.39 is 5.97 Å². The lowest BCUT2D eigenvalue weighted by Gasteiger charge is -2.15. The van der Waals surface area contributed by atoms with E-state index in [1.165, 1.54) is 0 Å². The monoisotopic (exact) mass is 326 g/mol. The second-order valence-corrected chi connectivity index (χ2v) is 5.31. The molecule has 1 aliphatic rings. The number of esters is 1. The first-order valence-electron chi connectivity index (χ1n) is 6.08. The number of benzene rings is 1. The van der Waals surface area contributed by atoms with Gasteiger partial charge in [0.2, 0.25) is 0 Å². The van der Waals surface area contributed by atoms with E-state index in [1.807, 2.05) is 0 Å². The lowest BCUT2D eigenvalue weighted by atomic mass is 10.2. The first-order chi connectivity index (χ1) is 9.08. The van der Waals surface area contributed by atoms with Gasteiger partial charge < -0.3 is 15.4 Å². The van der Waals surface area contributed by atoms with Crippen molar-refractivity contribution in [3.63, 3.8) is 0 Å². The van der Waals surface area contributed by atoms with Gasteiger partial charge in [0.15, 0.2) is 6.61 Å². The number of likely N-dealkylation sites (tertiary alicyclic amines) is 1. The quantitative estimate of drug-likeness (QED) is 0.679. The Bertz CT molecular complexity index is 499. The second-order valence-electron chi connectivity index (χ2n) is 4.40. The summed E-state index contributed by atoms with van der Waals surface area (Å²) in [6, 6.07) is 4.93. The van der Waals surface area contributed by atoms with E-state index in [0.29, 0.717) is 5.69 Å². The standard InChI is InChI=1S/C13H15BrN2O3/c14-9-3-4-11(15)10(7-9)13(18)19-8-12(17)16-5-1-2-6-16/h3-4,7H,1-2,5-6,8,15H2. The van der Waals surface area contributed by atoms with E-state index in [0.717, 1.165) is 30.4 Å². The highest BCUT2D eigenvalue weighted by atomic mass is 79.9. The summed E-state index contributed by atoms with van der Waals surface area (Å²) < 4.78 is 5.74. The first-order valence-corrected chi connectivity index (χ1v) is 6.87. The molecule has 1 fully saturated rings. The number of carbonyl (C=O) groups excluding carboxylic acids is 2. The van der Waals surface area contributed by atoms with Crippen LogP contribution in [0.15, 0.2) is 22.7 Å². The lowest BCUT2D eigenvalue weighted by Crippen LogP contribution is -2.32. The Kier molecular flexibility index (Phi) is 4.42. The Hall–Kier alpha value is -1.56. The molecule has 1 saturated heterocycles. The Balaban J connectivity index is 1.93. The predicted molar refractivity (Wildman–Crippen MR) is 74.7 cm³/mol. The fourth-order valence-corrected chi connectivity index (χ4v) is 2.33. The molecule has 0 unspecified atom stereocenters. The van der Waals surface area contributed by atoms with Crippen LogP contribution >= 0.6 is 15.9 Å². The minimum Gasteiger partial charge on any atom is -0.452 e. The molecule has 2 N–H and O–H groups in total. The molecule has 0 saturated carbocycles. The number of amides is 1. The van der Waals surface area contributed by atoms with Gasteiger partial charge in [-0.05, 0) is 31.0 Å². The summed E-state index contributed by atoms with van der Waals surface area (Å²) in [5.41, 5.74) is 6.30. The third-order valence-corrected chi connectivity index (χ3v) is 3.51. The van der Waals surface area contributed by atoms with Crippen LogP contribution in [0.5, 0.6) is 0 Å². The molecule has 1 aromatic rings. The van der Waals surface area contributed by atoms with Crippen molar-refractivity contribution in [2.45, 2.75) is 12.8 Å². The Morgan fingerprint density at radius 2 is 2.00 bits per heavy atom. The molecule has 1 heterocycles. The number of halogens is 1. The van der Waals surface area contributed by atoms with Gasteiger partial charge in [-0.25, -0.2) is 4.79 Å². The average molecular weight is 327 g/mol. The van der Waals surface area contributed by atoms with Gasteiger partial charge in [0, 0.05) is 23.2 Å². The summed E-state index contributed by atoms with van der Waals surface area (Å²) in [7, 11) is 0. The van der Waals surface area contributed by atoms with Crippen molar-refractivity contribution in [3.8, 4) is 0 Å². The van der Waals surface area contributed by atoms with Crippen molar-refractivity contribution < 1.29 is 14.3 Å². The Morgan fingerprint density at radius 1 is 1.32 bits per heavy atom. The highest BCUT2D eigenvalue weighted by Crippen LogP contribution is 2.19. The zero-order valence-corrected chi connectivity index (χ0v) is 12.0. The smallest absolute Gasteiger partial charge is 0.340 e. The molecule has 5 nitrogen and oxygen atoms in total. The minimum absolute atomic E-state index is 0.153. The maximum Gasteiger partial charge on any atom is 0.340 e. The number of carbonyl (C=O) groups is 2. The lowest BCUT2D eigenvalue weighted by molar-refractivity contribution is -0.133. The van der Waals surface area contributed by atoms with E-state index in [4.69, 9.17) is 10.5 Å². The van der Waals surface area contributed by atoms with Crippen LogP contribution in [-0.2, 0) is 9.53 Å². The molecular weight excluding hydrogens is 312 g/mol. The number of nitrogens with zero attached hydrogens (tertiary/aromatic N) is 1. The van der Waals surface area contributed by atoms with E-state index >= 15 is 0 Å². The summed E-state index contributed by atoms with van der Waals surface area (Å²) >= 11 is 3.26. The molecule has 102 valence electrons. The molecule has 0 bridgehead atoms. The van der Waals surface area contributed by atoms with E-state index in [1.54, 1.807) is 23.1 Å². The fraction of sp³-hybridized carbons (Fsp3) is 0.385. The van der Waals surface area contributed by atoms with Crippen LogP contribution in [0, 0.1) is 0 Å². The molecule has 0 atom stereocenters. The van der Waals surface area contributed by atoms with Gasteiger partial charge in [-0.2, -0.15) is 0 Å². The molecule has 0 spiro atoms. The third-order valence-electron chi connectivity index (χ3n) is 3.02. The molecule has 19 heavy (non-hydrogen) atoms. The normalized spacial score (nSPS) is 14.5. The largest absolute Gasteiger partial charge is 0.452 e. The first kappa shape index (κ1) is 13.9. The van der Waals surface area contributed by atoms with Crippen molar-refractivity contribution in [1.29, 1.82) is 0 Å². The van der Waals surface area contributed by atoms with Crippen LogP contribution in [0.25, 0.3) is 0 Å². The van der Waals surface area contributed by atoms with Crippen molar-refractivity contribution in [2.75, 3.05) is 25.4 Å². The summed E-state index contributed by atoms with van der Waals surface area (Å²) in [6.07, 6.45) is 2.02. The highest BCUT2D eigenvalue weighted by molar-refractivity contribution is 9.10. The van der Waals surface area contributed by atoms with E-state index in [9.17, 15) is 9.59 Å². The van der Waals surface area contributed by atoms with Crippen LogP contribution in [0.4, 0.5) is 5.69 Å². The number of ether oxygens (including phenoxy) is 1. The topological polar surface area (TPSA) is 72.6 Å². The predicted octanol–water partition coefficient (Wildman–Crippen LogP) is 1.81. The van der Waals surface area contributed by atoms with Crippen LogP contribution in [0.2, 0.25) is 0 Å². The zero-order chi connectivity index (χ0) is 13.8. The zero-order valence-electron chi connectivity index (χ0n) is 10.4. The minimum atomic E-state index is -0.577. The molecule has 0 aliphatic carbocycles. The number of rotatable bonds is 3. The third kappa shape index (κ3) is 3.47. The maximum absolute atomic E-state index is 11.8. The van der Waals surface area contributed by atoms with Crippen molar-refractivity contribution in [1.82, 2.24) is 4.90 Å². The average Bonchev–Trinajstić information content (AvgIpc) is 2.92. The van der Waals surface area contributed by atoms with Crippen LogP contribution < -0.4 is 5.73 Å². The summed E-state index contributed by atoms with van der Waals surface area (Å²) in [5, 5.41) is 0. The molecular formula is C13H15BrN2O3. The van der Waals surface area contributed by atoms with Gasteiger partial charge in [-0.15, -0.1) is 0 Å². The van der Waals surface area contributed by atoms with Gasteiger partial charge in [0.25, 0.3) is 5.91 Å². The van der Waals surface area contributed by atoms with Crippen molar-refractivity contribution in [2.24, 2.45) is 0 Å². The Labute approximate surface area is 119 Å². The van der Waals surface area contributed by atoms with Gasteiger partial charge in [0.05, 0.1) is 5.56 Å². The Morgan fingerprint density at radius 3 is 2.68 bits per heavy atom. The maximum atomic E-state index is 11.8. The number of nitrogen functional groups attached to an aromatic ring is 1. The molecule has 6 heteroatoms. The van der Waals surface area contributed by atoms with Gasteiger partial charge in [-0.1, -0.05) is 15.9 Å². The van der Waals surface area contributed by atoms with Crippen LogP contribution in [-0.4, -0.2) is 36.5 Å². The highest BCUT2D eigenvalue weighted by Gasteiger charge is 2.20. The number of hydrogen-bond donors (Lipinski definition) is 1. The number of hydrogen-bond acceptors (Lipinski definition) is 4. The van der Waals surface area contributed by atoms with Crippen molar-refractivity contribution in [3.05, 3.63) is 28.2 Å². The number of anilines is 1. The molecule has 0 aromatic heterocycles. The second kappa shape index (κ2) is 6.06. The molecule has 1 aromatic carbocycles. The number of nitrogens with two attached hydrogens (primary N) is 1. The molecule has 1 aliphatic heterocycles. The molecule has 0 radical (unpaired) electrons. The van der Waals surface area contributed by atoms with Crippen LogP contribution in [0.1, 0.15) is 23.2 Å². The van der Waals surface area contributed by atoms with E-state index in [-0.39, 0.29) is 18.1 Å². The van der Waals surface area contributed by atoms with Crippen molar-refractivity contribution >= 4 is 33.5 Å².